The highest BCUT2D eigenvalue weighted by atomic mass is 32.2. The third-order valence-corrected chi connectivity index (χ3v) is 6.06. The predicted octanol–water partition coefficient (Wildman–Crippen LogP) is 3.18. The van der Waals surface area contributed by atoms with Crippen molar-refractivity contribution in [2.45, 2.75) is 6.42 Å². The molecule has 1 aliphatic rings. The highest BCUT2D eigenvalue weighted by molar-refractivity contribution is 8.26. The van der Waals surface area contributed by atoms with Crippen LogP contribution in [0.1, 0.15) is 11.1 Å². The SMILES string of the molecule is CN1C(=O)/C(=C\c2c(NCCc3ccccc3)nc3ccccn3c2=O)SC1=S. The Balaban J connectivity index is 1.72. The third kappa shape index (κ3) is 3.94. The summed E-state index contributed by atoms with van der Waals surface area (Å²) in [7, 11) is 1.63. The Hall–Kier alpha value is -2.97. The van der Waals surface area contributed by atoms with Gasteiger partial charge in [-0.15, -0.1) is 0 Å². The van der Waals surface area contributed by atoms with Crippen LogP contribution in [0, 0.1) is 0 Å². The zero-order valence-corrected chi connectivity index (χ0v) is 17.3. The Morgan fingerprint density at radius 1 is 1.14 bits per heavy atom. The maximum atomic E-state index is 13.1. The van der Waals surface area contributed by atoms with Crippen molar-refractivity contribution in [1.82, 2.24) is 14.3 Å². The van der Waals surface area contributed by atoms with Gasteiger partial charge in [-0.05, 0) is 30.2 Å². The van der Waals surface area contributed by atoms with Gasteiger partial charge in [-0.3, -0.25) is 18.9 Å². The minimum Gasteiger partial charge on any atom is -0.369 e. The molecule has 1 amide bonds. The minimum absolute atomic E-state index is 0.215. The summed E-state index contributed by atoms with van der Waals surface area (Å²) in [5, 5.41) is 3.27. The number of benzene rings is 1. The number of anilines is 1. The molecule has 0 aliphatic carbocycles. The molecule has 0 radical (unpaired) electrons. The topological polar surface area (TPSA) is 66.7 Å². The van der Waals surface area contributed by atoms with Crippen molar-refractivity contribution in [2.24, 2.45) is 0 Å². The lowest BCUT2D eigenvalue weighted by Crippen LogP contribution is -2.23. The van der Waals surface area contributed by atoms with E-state index in [1.165, 1.54) is 26.6 Å². The number of nitrogens with zero attached hydrogens (tertiary/aromatic N) is 3. The number of carbonyl (C=O) groups excluding carboxylic acids is 1. The molecule has 3 heterocycles. The van der Waals surface area contributed by atoms with E-state index in [1.807, 2.05) is 24.3 Å². The van der Waals surface area contributed by atoms with Gasteiger partial charge in [0.15, 0.2) is 0 Å². The molecule has 1 aliphatic heterocycles. The number of likely N-dealkylation sites (N-methyl/N-ethyl adjacent to an activating group) is 1. The quantitative estimate of drug-likeness (QED) is 0.503. The second-order valence-corrected chi connectivity index (χ2v) is 8.19. The first-order chi connectivity index (χ1) is 14.0. The predicted molar refractivity (Wildman–Crippen MR) is 121 cm³/mol. The van der Waals surface area contributed by atoms with E-state index in [4.69, 9.17) is 12.2 Å². The molecule has 0 saturated carbocycles. The van der Waals surface area contributed by atoms with Crippen LogP contribution in [-0.4, -0.2) is 38.1 Å². The molecule has 6 nitrogen and oxygen atoms in total. The van der Waals surface area contributed by atoms with Crippen molar-refractivity contribution in [2.75, 3.05) is 18.9 Å². The van der Waals surface area contributed by atoms with Crippen LogP contribution in [0.15, 0.2) is 64.4 Å². The lowest BCUT2D eigenvalue weighted by molar-refractivity contribution is -0.121. The van der Waals surface area contributed by atoms with Crippen LogP contribution < -0.4 is 10.9 Å². The van der Waals surface area contributed by atoms with E-state index in [0.717, 1.165) is 6.42 Å². The molecule has 2 aromatic heterocycles. The standard InChI is InChI=1S/C21H18N4O2S2/c1-24-20(27)16(29-21(24)28)13-15-18(22-11-10-14-7-3-2-4-8-14)23-17-9-5-6-12-25(17)19(15)26/h2-9,12-13,22H,10-11H2,1H3/b16-13+. The fourth-order valence-electron chi connectivity index (χ4n) is 3.01. The summed E-state index contributed by atoms with van der Waals surface area (Å²) in [6, 6.07) is 15.5. The first-order valence-corrected chi connectivity index (χ1v) is 10.3. The molecule has 3 aromatic rings. The van der Waals surface area contributed by atoms with E-state index in [0.29, 0.717) is 32.8 Å². The largest absolute Gasteiger partial charge is 0.369 e. The summed E-state index contributed by atoms with van der Waals surface area (Å²) in [5.74, 6) is 0.242. The zero-order valence-electron chi connectivity index (χ0n) is 15.7. The minimum atomic E-state index is -0.237. The molecule has 1 fully saturated rings. The number of amides is 1. The molecular formula is C21H18N4O2S2. The monoisotopic (exact) mass is 422 g/mol. The van der Waals surface area contributed by atoms with Gasteiger partial charge in [-0.25, -0.2) is 4.98 Å². The van der Waals surface area contributed by atoms with Crippen LogP contribution >= 0.6 is 24.0 Å². The molecule has 0 unspecified atom stereocenters. The Morgan fingerprint density at radius 3 is 2.62 bits per heavy atom. The van der Waals surface area contributed by atoms with Crippen LogP contribution in [0.25, 0.3) is 11.7 Å². The fourth-order valence-corrected chi connectivity index (χ4v) is 4.18. The van der Waals surface area contributed by atoms with Crippen molar-refractivity contribution in [3.63, 3.8) is 0 Å². The molecule has 8 heteroatoms. The van der Waals surface area contributed by atoms with Crippen molar-refractivity contribution in [1.29, 1.82) is 0 Å². The molecule has 1 saturated heterocycles. The second kappa shape index (κ2) is 8.18. The van der Waals surface area contributed by atoms with Gasteiger partial charge in [0.25, 0.3) is 11.5 Å². The Labute approximate surface area is 177 Å². The maximum Gasteiger partial charge on any atom is 0.267 e. The van der Waals surface area contributed by atoms with E-state index < -0.39 is 0 Å². The van der Waals surface area contributed by atoms with Gasteiger partial charge in [0.2, 0.25) is 0 Å². The average Bonchev–Trinajstić information content (AvgIpc) is 2.98. The number of pyridine rings is 1. The van der Waals surface area contributed by atoms with Gasteiger partial charge >= 0.3 is 0 Å². The first-order valence-electron chi connectivity index (χ1n) is 9.05. The average molecular weight is 423 g/mol. The summed E-state index contributed by atoms with van der Waals surface area (Å²) in [6.07, 6.45) is 4.04. The summed E-state index contributed by atoms with van der Waals surface area (Å²) >= 11 is 6.38. The lowest BCUT2D eigenvalue weighted by atomic mass is 10.1. The number of fused-ring (bicyclic) bond motifs is 1. The van der Waals surface area contributed by atoms with Crippen LogP contribution in [-0.2, 0) is 11.2 Å². The number of hydrogen-bond acceptors (Lipinski definition) is 6. The number of rotatable bonds is 5. The van der Waals surface area contributed by atoms with E-state index in [-0.39, 0.29) is 11.5 Å². The van der Waals surface area contributed by atoms with Gasteiger partial charge in [0.05, 0.1) is 10.5 Å². The highest BCUT2D eigenvalue weighted by Gasteiger charge is 2.29. The lowest BCUT2D eigenvalue weighted by Gasteiger charge is -2.11. The Morgan fingerprint density at radius 2 is 1.90 bits per heavy atom. The molecule has 4 rings (SSSR count). The summed E-state index contributed by atoms with van der Waals surface area (Å²) in [4.78, 5) is 31.9. The van der Waals surface area contributed by atoms with Gasteiger partial charge in [-0.1, -0.05) is 60.4 Å². The number of thioether (sulfide) groups is 1. The van der Waals surface area contributed by atoms with E-state index in [2.05, 4.69) is 22.4 Å². The highest BCUT2D eigenvalue weighted by Crippen LogP contribution is 2.31. The molecule has 29 heavy (non-hydrogen) atoms. The van der Waals surface area contributed by atoms with Crippen molar-refractivity contribution >= 4 is 51.7 Å². The van der Waals surface area contributed by atoms with Crippen LogP contribution in [0.2, 0.25) is 0 Å². The summed E-state index contributed by atoms with van der Waals surface area (Å²) < 4.78 is 1.94. The smallest absolute Gasteiger partial charge is 0.267 e. The van der Waals surface area contributed by atoms with Crippen molar-refractivity contribution in [3.05, 3.63) is 81.1 Å². The van der Waals surface area contributed by atoms with Crippen molar-refractivity contribution in [3.8, 4) is 0 Å². The first kappa shape index (κ1) is 19.4. The van der Waals surface area contributed by atoms with Crippen LogP contribution in [0.5, 0.6) is 0 Å². The molecular weight excluding hydrogens is 404 g/mol. The summed E-state index contributed by atoms with van der Waals surface area (Å²) in [5.41, 5.74) is 1.83. The van der Waals surface area contributed by atoms with Crippen molar-refractivity contribution < 1.29 is 4.79 Å². The molecule has 0 spiro atoms. The zero-order chi connectivity index (χ0) is 20.4. The van der Waals surface area contributed by atoms with E-state index >= 15 is 0 Å². The van der Waals surface area contributed by atoms with Gasteiger partial charge < -0.3 is 5.32 Å². The van der Waals surface area contributed by atoms with E-state index in [9.17, 15) is 9.59 Å². The number of thiocarbonyl (C=S) groups is 1. The van der Waals surface area contributed by atoms with Gasteiger partial charge in [-0.2, -0.15) is 0 Å². The molecule has 1 N–H and O–H groups in total. The Kier molecular flexibility index (Phi) is 5.46. The number of nitrogens with one attached hydrogen (secondary N) is 1. The summed E-state index contributed by atoms with van der Waals surface area (Å²) in [6.45, 7) is 0.606. The second-order valence-electron chi connectivity index (χ2n) is 6.51. The fraction of sp³-hybridized carbons (Fsp3) is 0.143. The van der Waals surface area contributed by atoms with E-state index in [1.54, 1.807) is 31.5 Å². The maximum absolute atomic E-state index is 13.1. The molecule has 1 aromatic carbocycles. The molecule has 0 bridgehead atoms. The Bertz CT molecular complexity index is 1190. The van der Waals surface area contributed by atoms with Gasteiger partial charge in [0, 0.05) is 19.8 Å². The van der Waals surface area contributed by atoms with Gasteiger partial charge in [0.1, 0.15) is 15.8 Å². The molecule has 146 valence electrons. The number of carbonyl (C=O) groups is 1. The number of aromatic nitrogens is 2. The third-order valence-electron chi connectivity index (χ3n) is 4.58. The molecule has 0 atom stereocenters. The number of hydrogen-bond donors (Lipinski definition) is 1. The van der Waals surface area contributed by atoms with Crippen LogP contribution in [0.4, 0.5) is 5.82 Å². The normalized spacial score (nSPS) is 15.5. The van der Waals surface area contributed by atoms with Crippen LogP contribution in [0.3, 0.4) is 0 Å².